The predicted octanol–water partition coefficient (Wildman–Crippen LogP) is 0.369. The Morgan fingerprint density at radius 2 is 2.00 bits per heavy atom. The molecule has 0 radical (unpaired) electrons. The molecule has 2 aromatic rings. The summed E-state index contributed by atoms with van der Waals surface area (Å²) >= 11 is 4.54. The normalized spacial score (nSPS) is 23.4. The lowest BCUT2D eigenvalue weighted by Crippen LogP contribution is -2.71. The van der Waals surface area contributed by atoms with Crippen LogP contribution in [-0.2, 0) is 14.4 Å². The summed E-state index contributed by atoms with van der Waals surface area (Å²) in [4.78, 5) is 47.8. The molecular formula is C18H20N9O5S4+. The first-order valence-electron chi connectivity index (χ1n) is 10.6. The van der Waals surface area contributed by atoms with Crippen molar-refractivity contribution in [2.24, 2.45) is 5.16 Å². The molecule has 2 atom stereocenters. The Labute approximate surface area is 220 Å². The molecule has 2 aromatic heterocycles. The van der Waals surface area contributed by atoms with Crippen LogP contribution in [0.2, 0.25) is 0 Å². The van der Waals surface area contributed by atoms with Gasteiger partial charge >= 0.3 is 11.9 Å². The number of nitrogens with one attached hydrogen (secondary N) is 1. The molecule has 1 unspecified atom stereocenters. The Bertz CT molecular complexity index is 1300. The second-order valence-electron chi connectivity index (χ2n) is 8.36. The maximum Gasteiger partial charge on any atom is 0.353 e. The largest absolute Gasteiger partial charge is 0.477 e. The predicted molar refractivity (Wildman–Crippen MR) is 135 cm³/mol. The van der Waals surface area contributed by atoms with Gasteiger partial charge in [0.2, 0.25) is 11.5 Å². The number of carbonyl (C=O) groups excluding carboxylic acids is 2. The lowest BCUT2D eigenvalue weighted by molar-refractivity contribution is -0.150. The zero-order valence-corrected chi connectivity index (χ0v) is 21.9. The molecule has 5 N–H and O–H groups in total. The van der Waals surface area contributed by atoms with Gasteiger partial charge in [-0.2, -0.15) is 14.3 Å². The summed E-state index contributed by atoms with van der Waals surface area (Å²) in [5.74, 6) is -1.87. The van der Waals surface area contributed by atoms with E-state index in [0.29, 0.717) is 19.5 Å². The van der Waals surface area contributed by atoms with Crippen LogP contribution >= 0.6 is 46.6 Å². The first-order valence-corrected chi connectivity index (χ1v) is 14.0. The number of nitrogens with zero attached hydrogens (tertiary/aromatic N) is 7. The lowest BCUT2D eigenvalue weighted by Gasteiger charge is -2.49. The number of nitrogens with two attached hydrogens (primary N) is 1. The molecule has 2 fully saturated rings. The van der Waals surface area contributed by atoms with E-state index in [1.54, 1.807) is 0 Å². The second-order valence-corrected chi connectivity index (χ2v) is 12.3. The van der Waals surface area contributed by atoms with Gasteiger partial charge in [0.25, 0.3) is 11.8 Å². The molecular weight excluding hydrogens is 551 g/mol. The Morgan fingerprint density at radius 1 is 1.25 bits per heavy atom. The first-order chi connectivity index (χ1) is 17.2. The quantitative estimate of drug-likeness (QED) is 0.117. The maximum atomic E-state index is 12.9. The van der Waals surface area contributed by atoms with Crippen molar-refractivity contribution in [1.82, 2.24) is 33.4 Å². The molecule has 0 saturated carbocycles. The number of aliphatic carboxylic acids is 1. The van der Waals surface area contributed by atoms with Gasteiger partial charge in [-0.15, -0.1) is 16.1 Å². The molecule has 14 nitrogen and oxygen atoms in total. The summed E-state index contributed by atoms with van der Waals surface area (Å²) in [6.07, 6.45) is 2.22. The number of oxime groups is 1. The third-order valence-electron chi connectivity index (χ3n) is 6.03. The number of thioether (sulfide) groups is 2. The minimum Gasteiger partial charge on any atom is -0.477 e. The van der Waals surface area contributed by atoms with E-state index < -0.39 is 34.9 Å². The number of quaternary nitrogens is 1. The summed E-state index contributed by atoms with van der Waals surface area (Å²) in [6.45, 7) is 1.93. The van der Waals surface area contributed by atoms with Crippen molar-refractivity contribution in [1.29, 1.82) is 0 Å². The van der Waals surface area contributed by atoms with Gasteiger partial charge in [-0.05, 0) is 11.5 Å². The molecule has 190 valence electrons. The van der Waals surface area contributed by atoms with Crippen molar-refractivity contribution in [3.63, 3.8) is 0 Å². The van der Waals surface area contributed by atoms with Gasteiger partial charge in [0, 0.05) is 35.0 Å². The van der Waals surface area contributed by atoms with E-state index in [2.05, 4.69) is 36.2 Å². The van der Waals surface area contributed by atoms with Gasteiger partial charge in [0.1, 0.15) is 17.1 Å². The Morgan fingerprint density at radius 3 is 2.64 bits per heavy atom. The number of nitrogen functional groups attached to an aromatic ring is 1. The van der Waals surface area contributed by atoms with Gasteiger partial charge < -0.3 is 21.4 Å². The molecule has 5 heterocycles. The number of carboxylic acid groups (broad SMARTS) is 1. The standard InChI is InChI=1S/C18H19N9O5S4/c1-27(4-2-3-5-27)17-22-18(36-25-17)34-7-6-33-14-9(13(29)26(14)10(7)15(30)31)20-12(28)8(23-32)11-21-16(19)35-24-11/h9,14H,2-6H2,1H3,(H4-,19,20,21,24,28,30,31,32)/p+1/t9-,14?/m1/s1. The number of carbonyl (C=O) groups is 3. The molecule has 3 aliphatic heterocycles. The highest BCUT2D eigenvalue weighted by Crippen LogP contribution is 2.45. The minimum atomic E-state index is -1.25. The third kappa shape index (κ3) is 4.32. The zero-order chi connectivity index (χ0) is 25.6. The van der Waals surface area contributed by atoms with Crippen LogP contribution in [0.1, 0.15) is 18.7 Å². The van der Waals surface area contributed by atoms with Gasteiger partial charge in [0.05, 0.1) is 20.1 Å². The highest BCUT2D eigenvalue weighted by atomic mass is 32.2. The SMILES string of the molecule is C[N+]1(c2nsc(SC3=C(C(=O)O)N4C(=O)[C@@H](NC(=O)/C(=N\O)c5nsc(N)n5)C4SC3)n2)CCCC1. The number of fused-ring (bicyclic) bond motifs is 1. The molecule has 0 aliphatic carbocycles. The number of amides is 2. The van der Waals surface area contributed by atoms with E-state index in [9.17, 15) is 24.7 Å². The molecule has 3 aliphatic rings. The molecule has 0 bridgehead atoms. The summed E-state index contributed by atoms with van der Waals surface area (Å²) in [7, 11) is 2.09. The van der Waals surface area contributed by atoms with Crippen molar-refractivity contribution < 1.29 is 24.7 Å². The number of rotatable bonds is 7. The van der Waals surface area contributed by atoms with E-state index in [4.69, 9.17) is 5.73 Å². The first kappa shape index (κ1) is 24.9. The summed E-state index contributed by atoms with van der Waals surface area (Å²) in [5, 5.41) is 24.0. The van der Waals surface area contributed by atoms with Gasteiger partial charge in [0.15, 0.2) is 9.47 Å². The van der Waals surface area contributed by atoms with E-state index >= 15 is 0 Å². The van der Waals surface area contributed by atoms with Crippen LogP contribution in [0.3, 0.4) is 0 Å². The highest BCUT2D eigenvalue weighted by Gasteiger charge is 2.54. The van der Waals surface area contributed by atoms with Crippen LogP contribution in [0, 0.1) is 0 Å². The van der Waals surface area contributed by atoms with Crippen LogP contribution in [-0.4, -0.2) is 94.7 Å². The molecule has 2 saturated heterocycles. The number of hydrogen-bond acceptors (Lipinski definition) is 14. The van der Waals surface area contributed by atoms with Crippen LogP contribution in [0.25, 0.3) is 0 Å². The smallest absolute Gasteiger partial charge is 0.353 e. The monoisotopic (exact) mass is 570 g/mol. The van der Waals surface area contributed by atoms with Crippen LogP contribution < -0.4 is 15.5 Å². The molecule has 18 heteroatoms. The van der Waals surface area contributed by atoms with Crippen LogP contribution in [0.15, 0.2) is 20.1 Å². The van der Waals surface area contributed by atoms with E-state index in [-0.39, 0.29) is 16.7 Å². The summed E-state index contributed by atoms with van der Waals surface area (Å²) in [5.41, 5.74) is 4.88. The fraction of sp³-hybridized carbons (Fsp3) is 0.444. The number of aromatic nitrogens is 4. The lowest BCUT2D eigenvalue weighted by atomic mass is 10.0. The summed E-state index contributed by atoms with van der Waals surface area (Å²) < 4.78 is 9.59. The van der Waals surface area contributed by atoms with Crippen LogP contribution in [0.4, 0.5) is 11.1 Å². The maximum absolute atomic E-state index is 12.9. The van der Waals surface area contributed by atoms with Crippen molar-refractivity contribution >= 4 is 81.2 Å². The minimum absolute atomic E-state index is 0.0767. The number of anilines is 1. The Balaban J connectivity index is 1.32. The average molecular weight is 571 g/mol. The molecule has 0 spiro atoms. The van der Waals surface area contributed by atoms with E-state index in [1.807, 2.05) is 0 Å². The Kier molecular flexibility index (Phi) is 6.62. The fourth-order valence-electron chi connectivity index (χ4n) is 4.20. The average Bonchev–Trinajstić information content (AvgIpc) is 3.60. The topological polar surface area (TPSA) is 197 Å². The van der Waals surface area contributed by atoms with Crippen molar-refractivity contribution in [2.75, 3.05) is 31.6 Å². The fourth-order valence-corrected chi connectivity index (χ4v) is 7.98. The number of β-lactam (4-membered cyclic amide) rings is 1. The van der Waals surface area contributed by atoms with Gasteiger partial charge in [-0.25, -0.2) is 4.79 Å². The zero-order valence-electron chi connectivity index (χ0n) is 18.7. The molecule has 5 rings (SSSR count). The van der Waals surface area contributed by atoms with E-state index in [0.717, 1.165) is 48.3 Å². The van der Waals surface area contributed by atoms with Crippen LogP contribution in [0.5, 0.6) is 0 Å². The second kappa shape index (κ2) is 9.58. The Hall–Kier alpha value is -2.80. The number of carboxylic acids is 1. The molecule has 0 aromatic carbocycles. The van der Waals surface area contributed by atoms with Crippen molar-refractivity contribution in [2.45, 2.75) is 28.6 Å². The third-order valence-corrected chi connectivity index (χ3v) is 9.87. The van der Waals surface area contributed by atoms with Gasteiger partial charge in [-0.3, -0.25) is 19.0 Å². The van der Waals surface area contributed by atoms with E-state index in [1.165, 1.54) is 35.1 Å². The van der Waals surface area contributed by atoms with Crippen molar-refractivity contribution in [3.05, 3.63) is 16.4 Å². The molecule has 2 amide bonds. The number of likely N-dealkylation sites (tertiary alicyclic amines) is 1. The van der Waals surface area contributed by atoms with Crippen molar-refractivity contribution in [3.8, 4) is 0 Å². The summed E-state index contributed by atoms with van der Waals surface area (Å²) in [6, 6.07) is -1.01. The number of hydrogen-bond donors (Lipinski definition) is 4. The van der Waals surface area contributed by atoms with Gasteiger partial charge in [-0.1, -0.05) is 16.9 Å². The molecule has 36 heavy (non-hydrogen) atoms. The highest BCUT2D eigenvalue weighted by molar-refractivity contribution is 8.07.